The van der Waals surface area contributed by atoms with Gasteiger partial charge in [-0.3, -0.25) is 27.9 Å². The monoisotopic (exact) mass is 619 g/mol. The first-order valence-electron chi connectivity index (χ1n) is 11.1. The molecule has 0 spiro atoms. The van der Waals surface area contributed by atoms with Crippen LogP contribution in [0.15, 0.2) is 20.9 Å². The molecule has 3 N–H and O–H groups in total. The third kappa shape index (κ3) is 11.6. The molecule has 3 atom stereocenters. The van der Waals surface area contributed by atoms with Gasteiger partial charge < -0.3 is 14.9 Å². The van der Waals surface area contributed by atoms with Crippen LogP contribution in [0, 0.1) is 6.92 Å². The molecule has 0 radical (unpaired) electrons. The summed E-state index contributed by atoms with van der Waals surface area (Å²) in [6.07, 6.45) is -0.205. The molecule has 2 rings (SSSR count). The zero-order chi connectivity index (χ0) is 27.1. The number of rotatable bonds is 19. The SMILES string of the molecule is Cc1cn([C@H]2C[C@H](N=[N+]=[N-])[C@@H](COP(=O)(OCCSSCCO)OCCSSCCO)O2)c(=O)[nH]c1=O. The van der Waals surface area contributed by atoms with Gasteiger partial charge in [-0.15, -0.1) is 0 Å². The number of aliphatic hydroxyl groups is 2. The molecule has 0 unspecified atom stereocenters. The summed E-state index contributed by atoms with van der Waals surface area (Å²) < 4.78 is 36.8. The van der Waals surface area contributed by atoms with Gasteiger partial charge in [-0.2, -0.15) is 0 Å². The summed E-state index contributed by atoms with van der Waals surface area (Å²) in [5.74, 6) is 2.05. The number of aromatic nitrogens is 2. The van der Waals surface area contributed by atoms with E-state index in [1.165, 1.54) is 53.9 Å². The van der Waals surface area contributed by atoms with Gasteiger partial charge in [0.05, 0.1) is 45.2 Å². The Morgan fingerprint density at radius 1 is 1.14 bits per heavy atom. The lowest BCUT2D eigenvalue weighted by Crippen LogP contribution is -2.33. The Labute approximate surface area is 229 Å². The fourth-order valence-corrected chi connectivity index (χ4v) is 7.60. The van der Waals surface area contributed by atoms with Gasteiger partial charge in [0.15, 0.2) is 0 Å². The molecule has 1 aliphatic heterocycles. The molecular formula is C18H30N5O9PS4. The highest BCUT2D eigenvalue weighted by Gasteiger charge is 2.39. The van der Waals surface area contributed by atoms with Crippen molar-refractivity contribution in [2.75, 3.05) is 56.0 Å². The molecule has 14 nitrogen and oxygen atoms in total. The lowest BCUT2D eigenvalue weighted by molar-refractivity contribution is -0.0298. The van der Waals surface area contributed by atoms with Gasteiger partial charge in [0.2, 0.25) is 0 Å². The average molecular weight is 620 g/mol. The maximum Gasteiger partial charge on any atom is 0.474 e. The molecule has 1 aromatic heterocycles. The molecule has 1 fully saturated rings. The van der Waals surface area contributed by atoms with Crippen LogP contribution >= 0.6 is 51.0 Å². The lowest BCUT2D eigenvalue weighted by atomic mass is 10.1. The van der Waals surface area contributed by atoms with Gasteiger partial charge in [-0.05, 0) is 12.5 Å². The van der Waals surface area contributed by atoms with E-state index in [2.05, 4.69) is 15.0 Å². The number of H-pyrrole nitrogens is 1. The van der Waals surface area contributed by atoms with Gasteiger partial charge in [0.1, 0.15) is 6.23 Å². The van der Waals surface area contributed by atoms with E-state index in [9.17, 15) is 14.2 Å². The molecule has 1 aromatic rings. The van der Waals surface area contributed by atoms with Crippen LogP contribution in [0.25, 0.3) is 10.4 Å². The van der Waals surface area contributed by atoms with Crippen LogP contribution < -0.4 is 11.2 Å². The van der Waals surface area contributed by atoms with E-state index in [0.29, 0.717) is 28.6 Å². The number of hydrogen-bond donors (Lipinski definition) is 3. The van der Waals surface area contributed by atoms with Gasteiger partial charge in [0.25, 0.3) is 5.56 Å². The number of phosphoric acid groups is 1. The average Bonchev–Trinajstić information content (AvgIpc) is 3.27. The van der Waals surface area contributed by atoms with Crippen LogP contribution in [0.3, 0.4) is 0 Å². The number of aromatic amines is 1. The number of nitrogens with one attached hydrogen (secondary N) is 1. The molecule has 19 heteroatoms. The summed E-state index contributed by atoms with van der Waals surface area (Å²) in [7, 11) is 1.75. The van der Waals surface area contributed by atoms with E-state index in [1.54, 1.807) is 6.92 Å². The largest absolute Gasteiger partial charge is 0.474 e. The topological polar surface area (TPSA) is 198 Å². The minimum Gasteiger partial charge on any atom is -0.395 e. The van der Waals surface area contributed by atoms with Crippen molar-refractivity contribution >= 4 is 51.0 Å². The van der Waals surface area contributed by atoms with Gasteiger partial charge >= 0.3 is 13.5 Å². The summed E-state index contributed by atoms with van der Waals surface area (Å²) in [5.41, 5.74) is 8.10. The van der Waals surface area contributed by atoms with Crippen LogP contribution in [0.4, 0.5) is 0 Å². The number of nitrogens with zero attached hydrogens (tertiary/aromatic N) is 4. The molecule has 1 aliphatic rings. The van der Waals surface area contributed by atoms with E-state index in [-0.39, 0.29) is 39.5 Å². The highest BCUT2D eigenvalue weighted by molar-refractivity contribution is 8.77. The molecule has 0 amide bonds. The summed E-state index contributed by atoms with van der Waals surface area (Å²) in [6.45, 7) is 1.47. The predicted octanol–water partition coefficient (Wildman–Crippen LogP) is 2.72. The minimum absolute atomic E-state index is 0.0503. The summed E-state index contributed by atoms with van der Waals surface area (Å²) >= 11 is 0. The number of aliphatic hydroxyl groups excluding tert-OH is 2. The van der Waals surface area contributed by atoms with E-state index >= 15 is 0 Å². The molecular weight excluding hydrogens is 589 g/mol. The van der Waals surface area contributed by atoms with Crippen LogP contribution in [-0.2, 0) is 22.9 Å². The normalized spacial score (nSPS) is 19.7. The van der Waals surface area contributed by atoms with E-state index < -0.39 is 37.4 Å². The highest BCUT2D eigenvalue weighted by Crippen LogP contribution is 2.50. The molecule has 0 aliphatic carbocycles. The maximum absolute atomic E-state index is 13.3. The second-order valence-corrected chi connectivity index (χ2v) is 14.3. The van der Waals surface area contributed by atoms with Gasteiger partial charge in [-0.1, -0.05) is 48.3 Å². The van der Waals surface area contributed by atoms with Crippen molar-refractivity contribution in [2.24, 2.45) is 5.11 Å². The third-order valence-corrected chi connectivity index (χ3v) is 10.8. The standard InChI is InChI=1S/C18H30N5O9PS4/c1-13-11-23(18(27)20-17(13)26)16-10-14(21-22-19)15(32-16)12-31-33(28,29-4-8-36-34-6-2-24)30-5-9-37-35-7-3-25/h11,14-16,24-25H,2-10,12H2,1H3,(H,20,26,27)/t14-,15+,16+/m0/s1. The first-order chi connectivity index (χ1) is 17.8. The zero-order valence-corrected chi connectivity index (χ0v) is 24.2. The highest BCUT2D eigenvalue weighted by atomic mass is 33.1. The second-order valence-electron chi connectivity index (χ2n) is 7.26. The summed E-state index contributed by atoms with van der Waals surface area (Å²) in [5, 5.41) is 21.4. The number of aryl methyl sites for hydroxylation is 1. The Balaban J connectivity index is 2.02. The number of hydrogen-bond acceptors (Lipinski definition) is 14. The Bertz CT molecular complexity index is 1020. The van der Waals surface area contributed by atoms with Crippen molar-refractivity contribution in [1.82, 2.24) is 9.55 Å². The smallest absolute Gasteiger partial charge is 0.395 e. The molecule has 2 heterocycles. The Morgan fingerprint density at radius 3 is 2.30 bits per heavy atom. The van der Waals surface area contributed by atoms with Gasteiger partial charge in [-0.25, -0.2) is 9.36 Å². The zero-order valence-electron chi connectivity index (χ0n) is 20.0. The Kier molecular flexibility index (Phi) is 15.7. The van der Waals surface area contributed by atoms with E-state index in [0.717, 1.165) is 0 Å². The predicted molar refractivity (Wildman–Crippen MR) is 147 cm³/mol. The van der Waals surface area contributed by atoms with E-state index in [4.69, 9.17) is 34.1 Å². The first kappa shape index (κ1) is 32.6. The van der Waals surface area contributed by atoms with Crippen LogP contribution in [-0.4, -0.2) is 88.0 Å². The number of phosphoric ester groups is 1. The fourth-order valence-electron chi connectivity index (χ4n) is 2.98. The molecule has 37 heavy (non-hydrogen) atoms. The number of azide groups is 1. The van der Waals surface area contributed by atoms with Crippen molar-refractivity contribution in [3.63, 3.8) is 0 Å². The Hall–Kier alpha value is -0.620. The van der Waals surface area contributed by atoms with E-state index in [1.807, 2.05) is 0 Å². The summed E-state index contributed by atoms with van der Waals surface area (Å²) in [6, 6.07) is -0.738. The fraction of sp³-hybridized carbons (Fsp3) is 0.778. The Morgan fingerprint density at radius 2 is 1.73 bits per heavy atom. The van der Waals surface area contributed by atoms with Crippen molar-refractivity contribution in [1.29, 1.82) is 0 Å². The van der Waals surface area contributed by atoms with Crippen molar-refractivity contribution < 1.29 is 33.1 Å². The first-order valence-corrected chi connectivity index (χ1v) is 17.5. The lowest BCUT2D eigenvalue weighted by Gasteiger charge is -2.21. The molecule has 0 saturated carbocycles. The molecule has 0 bridgehead atoms. The second kappa shape index (κ2) is 17.9. The van der Waals surface area contributed by atoms with Crippen LogP contribution in [0.1, 0.15) is 18.2 Å². The maximum atomic E-state index is 13.3. The van der Waals surface area contributed by atoms with Crippen molar-refractivity contribution in [3.05, 3.63) is 43.0 Å². The summed E-state index contributed by atoms with van der Waals surface area (Å²) in [4.78, 5) is 29.0. The molecule has 1 saturated heterocycles. The minimum atomic E-state index is -4.02. The molecule has 0 aromatic carbocycles. The molecule has 210 valence electrons. The van der Waals surface area contributed by atoms with Crippen LogP contribution in [0.2, 0.25) is 0 Å². The van der Waals surface area contributed by atoms with Crippen molar-refractivity contribution in [3.8, 4) is 0 Å². The quantitative estimate of drug-likeness (QED) is 0.0511. The third-order valence-electron chi connectivity index (χ3n) is 4.61. The van der Waals surface area contributed by atoms with Gasteiger partial charge in [0, 0.05) is 46.1 Å². The van der Waals surface area contributed by atoms with Crippen LogP contribution in [0.5, 0.6) is 0 Å². The van der Waals surface area contributed by atoms with Crippen molar-refractivity contribution in [2.45, 2.75) is 31.7 Å². The number of ether oxygens (including phenoxy) is 1.